The predicted molar refractivity (Wildman–Crippen MR) is 131 cm³/mol. The average molecular weight is 446 g/mol. The Labute approximate surface area is 192 Å². The van der Waals surface area contributed by atoms with E-state index < -0.39 is 11.2 Å². The maximum absolute atomic E-state index is 15.2. The van der Waals surface area contributed by atoms with Gasteiger partial charge in [0, 0.05) is 43.8 Å². The Kier molecular flexibility index (Phi) is 5.85. The summed E-state index contributed by atoms with van der Waals surface area (Å²) < 4.78 is 17.2. The van der Waals surface area contributed by atoms with Crippen molar-refractivity contribution in [1.82, 2.24) is 9.47 Å². The van der Waals surface area contributed by atoms with Crippen molar-refractivity contribution >= 4 is 28.4 Å². The van der Waals surface area contributed by atoms with Gasteiger partial charge in [0.1, 0.15) is 5.82 Å². The molecule has 2 fully saturated rings. The quantitative estimate of drug-likeness (QED) is 0.414. The standard InChI is InChI=1S/C27H28FN3O2/c1-2-29-12-14-30(15-13-29)25-17-24-21(16-23(25)28)27(33)22(18-31(24)20-9-10-20)26(32)11-8-19-6-4-3-5-7-19/h3-8,11,16-18,20H,2,9-10,12-15H2,1H3/b11-8+. The smallest absolute Gasteiger partial charge is 0.200 e. The molecule has 3 aromatic rings. The summed E-state index contributed by atoms with van der Waals surface area (Å²) in [5.41, 5.74) is 1.81. The van der Waals surface area contributed by atoms with E-state index >= 15 is 4.39 Å². The number of halogens is 1. The molecule has 2 aromatic carbocycles. The molecular weight excluding hydrogens is 417 g/mol. The number of pyridine rings is 1. The van der Waals surface area contributed by atoms with Gasteiger partial charge in [0.15, 0.2) is 5.78 Å². The fraction of sp³-hybridized carbons (Fsp3) is 0.333. The fourth-order valence-corrected chi connectivity index (χ4v) is 4.56. The maximum atomic E-state index is 15.2. The molecule has 5 nitrogen and oxygen atoms in total. The van der Waals surface area contributed by atoms with Crippen molar-refractivity contribution in [2.45, 2.75) is 25.8 Å². The molecule has 170 valence electrons. The normalized spacial score (nSPS) is 17.2. The minimum Gasteiger partial charge on any atom is -0.367 e. The van der Waals surface area contributed by atoms with Gasteiger partial charge in [-0.1, -0.05) is 43.3 Å². The summed E-state index contributed by atoms with van der Waals surface area (Å²) >= 11 is 0. The third kappa shape index (κ3) is 4.35. The second-order valence-corrected chi connectivity index (χ2v) is 8.86. The number of ketones is 1. The van der Waals surface area contributed by atoms with Crippen molar-refractivity contribution in [2.24, 2.45) is 0 Å². The summed E-state index contributed by atoms with van der Waals surface area (Å²) in [5, 5.41) is 0.273. The minimum atomic E-state index is -0.411. The number of nitrogens with zero attached hydrogens (tertiary/aromatic N) is 3. The number of fused-ring (bicyclic) bond motifs is 1. The lowest BCUT2D eigenvalue weighted by molar-refractivity contribution is 0.104. The van der Waals surface area contributed by atoms with Crippen LogP contribution < -0.4 is 10.3 Å². The van der Waals surface area contributed by atoms with Gasteiger partial charge in [0.05, 0.1) is 16.8 Å². The van der Waals surface area contributed by atoms with Crippen molar-refractivity contribution in [3.8, 4) is 0 Å². The number of aromatic nitrogens is 1. The topological polar surface area (TPSA) is 45.6 Å². The number of hydrogen-bond donors (Lipinski definition) is 0. The summed E-state index contributed by atoms with van der Waals surface area (Å²) in [4.78, 5) is 30.6. The van der Waals surface area contributed by atoms with Crippen LogP contribution in [0.3, 0.4) is 0 Å². The van der Waals surface area contributed by atoms with Crippen molar-refractivity contribution in [3.63, 3.8) is 0 Å². The SMILES string of the molecule is CCN1CCN(c2cc3c(cc2F)c(=O)c(C(=O)/C=C/c2ccccc2)cn3C2CC2)CC1. The van der Waals surface area contributed by atoms with Crippen LogP contribution in [0.5, 0.6) is 0 Å². The average Bonchev–Trinajstić information content (AvgIpc) is 3.69. The van der Waals surface area contributed by atoms with Gasteiger partial charge in [0.25, 0.3) is 0 Å². The number of carbonyl (C=O) groups is 1. The number of allylic oxidation sites excluding steroid dienone is 1. The van der Waals surface area contributed by atoms with Crippen LogP contribution in [0.25, 0.3) is 17.0 Å². The first-order valence-electron chi connectivity index (χ1n) is 11.7. The maximum Gasteiger partial charge on any atom is 0.200 e. The van der Waals surface area contributed by atoms with Crippen LogP contribution in [0.4, 0.5) is 10.1 Å². The molecule has 0 unspecified atom stereocenters. The first kappa shape index (κ1) is 21.6. The van der Waals surface area contributed by atoms with Crippen molar-refractivity contribution in [2.75, 3.05) is 37.6 Å². The molecule has 1 aliphatic heterocycles. The van der Waals surface area contributed by atoms with E-state index in [1.54, 1.807) is 18.3 Å². The Morgan fingerprint density at radius 3 is 2.48 bits per heavy atom. The summed E-state index contributed by atoms with van der Waals surface area (Å²) in [6, 6.07) is 12.9. The zero-order chi connectivity index (χ0) is 22.9. The van der Waals surface area contributed by atoms with Crippen LogP contribution >= 0.6 is 0 Å². The first-order valence-corrected chi connectivity index (χ1v) is 11.7. The van der Waals surface area contributed by atoms with Gasteiger partial charge in [-0.2, -0.15) is 0 Å². The molecule has 5 rings (SSSR count). The third-order valence-electron chi connectivity index (χ3n) is 6.69. The van der Waals surface area contributed by atoms with Gasteiger partial charge in [-0.05, 0) is 43.2 Å². The highest BCUT2D eigenvalue weighted by molar-refractivity contribution is 6.08. The fourth-order valence-electron chi connectivity index (χ4n) is 4.56. The third-order valence-corrected chi connectivity index (χ3v) is 6.69. The van der Waals surface area contributed by atoms with Crippen LogP contribution in [-0.2, 0) is 0 Å². The highest BCUT2D eigenvalue weighted by atomic mass is 19.1. The highest BCUT2D eigenvalue weighted by Gasteiger charge is 2.28. The molecule has 2 heterocycles. The van der Waals surface area contributed by atoms with Crippen LogP contribution in [0.15, 0.2) is 59.5 Å². The van der Waals surface area contributed by atoms with Gasteiger partial charge in [0.2, 0.25) is 5.43 Å². The number of carbonyl (C=O) groups excluding carboxylic acids is 1. The Morgan fingerprint density at radius 2 is 1.82 bits per heavy atom. The number of benzene rings is 2. The van der Waals surface area contributed by atoms with Gasteiger partial charge in [-0.15, -0.1) is 0 Å². The van der Waals surface area contributed by atoms with E-state index in [4.69, 9.17) is 0 Å². The van der Waals surface area contributed by atoms with E-state index in [0.29, 0.717) is 11.2 Å². The van der Waals surface area contributed by atoms with Crippen molar-refractivity contribution in [1.29, 1.82) is 0 Å². The molecule has 33 heavy (non-hydrogen) atoms. The molecule has 2 aliphatic rings. The first-order chi connectivity index (χ1) is 16.0. The van der Waals surface area contributed by atoms with E-state index in [2.05, 4.69) is 16.7 Å². The van der Waals surface area contributed by atoms with E-state index in [1.165, 1.54) is 12.1 Å². The van der Waals surface area contributed by atoms with Crippen LogP contribution in [-0.4, -0.2) is 48.0 Å². The number of anilines is 1. The lowest BCUT2D eigenvalue weighted by Gasteiger charge is -2.35. The Balaban J connectivity index is 1.54. The second-order valence-electron chi connectivity index (χ2n) is 8.86. The molecule has 1 aromatic heterocycles. The summed E-state index contributed by atoms with van der Waals surface area (Å²) in [7, 11) is 0. The Hall–Kier alpha value is -3.25. The Morgan fingerprint density at radius 1 is 1.09 bits per heavy atom. The number of hydrogen-bond acceptors (Lipinski definition) is 4. The van der Waals surface area contributed by atoms with E-state index in [9.17, 15) is 9.59 Å². The van der Waals surface area contributed by atoms with E-state index in [1.807, 2.05) is 34.9 Å². The molecule has 1 aliphatic carbocycles. The van der Waals surface area contributed by atoms with Crippen molar-refractivity contribution in [3.05, 3.63) is 81.9 Å². The Bertz CT molecular complexity index is 1270. The zero-order valence-corrected chi connectivity index (χ0v) is 18.8. The molecule has 6 heteroatoms. The molecule has 1 saturated carbocycles. The molecule has 0 N–H and O–H groups in total. The lowest BCUT2D eigenvalue weighted by atomic mass is 10.1. The molecule has 0 spiro atoms. The van der Waals surface area contributed by atoms with Crippen molar-refractivity contribution < 1.29 is 9.18 Å². The number of piperazine rings is 1. The predicted octanol–water partition coefficient (Wildman–Crippen LogP) is 4.51. The molecule has 0 atom stereocenters. The monoisotopic (exact) mass is 445 g/mol. The number of likely N-dealkylation sites (N-methyl/N-ethyl adjacent to an activating group) is 1. The summed E-state index contributed by atoms with van der Waals surface area (Å²) in [5.74, 6) is -0.767. The summed E-state index contributed by atoms with van der Waals surface area (Å²) in [6.45, 7) is 6.42. The highest BCUT2D eigenvalue weighted by Crippen LogP contribution is 2.38. The molecular formula is C27H28FN3O2. The largest absolute Gasteiger partial charge is 0.367 e. The second kappa shape index (κ2) is 8.94. The molecule has 0 radical (unpaired) electrons. The zero-order valence-electron chi connectivity index (χ0n) is 18.8. The summed E-state index contributed by atoms with van der Waals surface area (Å²) in [6.07, 6.45) is 6.79. The van der Waals surface area contributed by atoms with Crippen LogP contribution in [0.2, 0.25) is 0 Å². The van der Waals surface area contributed by atoms with Crippen LogP contribution in [0.1, 0.15) is 41.7 Å². The molecule has 0 bridgehead atoms. The molecule has 0 amide bonds. The van der Waals surface area contributed by atoms with Gasteiger partial charge in [-0.25, -0.2) is 4.39 Å². The minimum absolute atomic E-state index is 0.0882. The van der Waals surface area contributed by atoms with Gasteiger partial charge < -0.3 is 14.4 Å². The van der Waals surface area contributed by atoms with E-state index in [-0.39, 0.29) is 22.8 Å². The van der Waals surface area contributed by atoms with Gasteiger partial charge in [-0.3, -0.25) is 9.59 Å². The van der Waals surface area contributed by atoms with Crippen LogP contribution in [0, 0.1) is 5.82 Å². The lowest BCUT2D eigenvalue weighted by Crippen LogP contribution is -2.46. The van der Waals surface area contributed by atoms with Gasteiger partial charge >= 0.3 is 0 Å². The van der Waals surface area contributed by atoms with E-state index in [0.717, 1.165) is 51.1 Å². The molecule has 1 saturated heterocycles. The number of rotatable bonds is 6.